The zero-order valence-electron chi connectivity index (χ0n) is 17.9. The second kappa shape index (κ2) is 10.7. The van der Waals surface area contributed by atoms with Gasteiger partial charge >= 0.3 is 11.9 Å². The quantitative estimate of drug-likeness (QED) is 0.297. The van der Waals surface area contributed by atoms with Crippen molar-refractivity contribution in [1.82, 2.24) is 0 Å². The van der Waals surface area contributed by atoms with Crippen molar-refractivity contribution >= 4 is 29.4 Å². The number of nitrogens with two attached hydrogens (primary N) is 2. The highest BCUT2D eigenvalue weighted by Crippen LogP contribution is 2.29. The fourth-order valence-corrected chi connectivity index (χ4v) is 3.71. The maximum atomic E-state index is 12.3. The standard InChI is InChI=1S/C25H30N2O4/c1-17-2-7-20(8-3-17)25(29)31-23-9-4-18(5-10-23)6-11-24(28)30-13-12-19-14-21(26)16-22(27)15-19/h4-6,9-11,14-17,20H,2-3,7-8,12-13,26-27H2,1H3. The molecule has 0 spiro atoms. The highest BCUT2D eigenvalue weighted by Gasteiger charge is 2.25. The Bertz CT molecular complexity index is 909. The molecule has 4 N–H and O–H groups in total. The monoisotopic (exact) mass is 422 g/mol. The molecule has 31 heavy (non-hydrogen) atoms. The number of esters is 2. The summed E-state index contributed by atoms with van der Waals surface area (Å²) in [7, 11) is 0. The lowest BCUT2D eigenvalue weighted by Crippen LogP contribution is -2.24. The van der Waals surface area contributed by atoms with Crippen LogP contribution in [0.2, 0.25) is 0 Å². The predicted octanol–water partition coefficient (Wildman–Crippen LogP) is 4.38. The summed E-state index contributed by atoms with van der Waals surface area (Å²) in [5.41, 5.74) is 14.4. The smallest absolute Gasteiger partial charge is 0.330 e. The van der Waals surface area contributed by atoms with Crippen LogP contribution in [-0.4, -0.2) is 18.5 Å². The molecular formula is C25H30N2O4. The van der Waals surface area contributed by atoms with Gasteiger partial charge in [-0.3, -0.25) is 4.79 Å². The van der Waals surface area contributed by atoms with Gasteiger partial charge in [0, 0.05) is 23.9 Å². The Morgan fingerprint density at radius 2 is 1.65 bits per heavy atom. The number of carbonyl (C=O) groups is 2. The maximum absolute atomic E-state index is 12.3. The van der Waals surface area contributed by atoms with Gasteiger partial charge in [-0.05, 0) is 79.1 Å². The number of carbonyl (C=O) groups excluding carboxylic acids is 2. The second-order valence-corrected chi connectivity index (χ2v) is 8.21. The molecule has 0 atom stereocenters. The van der Waals surface area contributed by atoms with Crippen LogP contribution < -0.4 is 16.2 Å². The zero-order valence-corrected chi connectivity index (χ0v) is 17.9. The van der Waals surface area contributed by atoms with E-state index in [-0.39, 0.29) is 18.5 Å². The molecule has 0 heterocycles. The van der Waals surface area contributed by atoms with E-state index in [0.29, 0.717) is 29.5 Å². The largest absolute Gasteiger partial charge is 0.462 e. The Kier molecular flexibility index (Phi) is 7.70. The highest BCUT2D eigenvalue weighted by atomic mass is 16.5. The summed E-state index contributed by atoms with van der Waals surface area (Å²) in [5.74, 6) is 0.622. The van der Waals surface area contributed by atoms with Crippen molar-refractivity contribution in [3.8, 4) is 5.75 Å². The molecule has 0 unspecified atom stereocenters. The molecule has 0 amide bonds. The molecule has 164 valence electrons. The second-order valence-electron chi connectivity index (χ2n) is 8.21. The van der Waals surface area contributed by atoms with Crippen LogP contribution in [0.15, 0.2) is 48.5 Å². The van der Waals surface area contributed by atoms with Crippen molar-refractivity contribution in [3.05, 3.63) is 59.7 Å². The molecule has 0 aliphatic heterocycles. The first-order valence-corrected chi connectivity index (χ1v) is 10.7. The number of hydrogen-bond acceptors (Lipinski definition) is 6. The van der Waals surface area contributed by atoms with Crippen molar-refractivity contribution in [2.75, 3.05) is 18.1 Å². The van der Waals surface area contributed by atoms with Gasteiger partial charge in [-0.1, -0.05) is 19.1 Å². The van der Waals surface area contributed by atoms with Crippen molar-refractivity contribution in [3.63, 3.8) is 0 Å². The lowest BCUT2D eigenvalue weighted by Gasteiger charge is -2.24. The Hall–Kier alpha value is -3.28. The molecule has 6 heteroatoms. The van der Waals surface area contributed by atoms with Crippen LogP contribution >= 0.6 is 0 Å². The van der Waals surface area contributed by atoms with Gasteiger partial charge in [0.05, 0.1) is 12.5 Å². The first-order chi connectivity index (χ1) is 14.9. The Balaban J connectivity index is 1.43. The topological polar surface area (TPSA) is 105 Å². The first-order valence-electron chi connectivity index (χ1n) is 10.7. The number of benzene rings is 2. The lowest BCUT2D eigenvalue weighted by atomic mass is 9.83. The number of hydrogen-bond donors (Lipinski definition) is 2. The van der Waals surface area contributed by atoms with Crippen LogP contribution in [0.4, 0.5) is 11.4 Å². The summed E-state index contributed by atoms with van der Waals surface area (Å²) in [6, 6.07) is 12.4. The van der Waals surface area contributed by atoms with Gasteiger partial charge in [-0.15, -0.1) is 0 Å². The minimum absolute atomic E-state index is 0.00527. The number of ether oxygens (including phenoxy) is 2. The van der Waals surface area contributed by atoms with Crippen LogP contribution in [0.1, 0.15) is 43.7 Å². The first kappa shape index (κ1) is 22.4. The van der Waals surface area contributed by atoms with Crippen molar-refractivity contribution in [1.29, 1.82) is 0 Å². The third-order valence-electron chi connectivity index (χ3n) is 5.53. The number of nitrogen functional groups attached to an aromatic ring is 2. The molecule has 6 nitrogen and oxygen atoms in total. The van der Waals surface area contributed by atoms with Gasteiger partial charge in [-0.2, -0.15) is 0 Å². The molecule has 1 aliphatic rings. The minimum Gasteiger partial charge on any atom is -0.462 e. The third-order valence-corrected chi connectivity index (χ3v) is 5.53. The van der Waals surface area contributed by atoms with Gasteiger partial charge < -0.3 is 20.9 Å². The molecular weight excluding hydrogens is 392 g/mol. The Morgan fingerprint density at radius 3 is 2.29 bits per heavy atom. The molecule has 1 saturated carbocycles. The van der Waals surface area contributed by atoms with E-state index in [2.05, 4.69) is 6.92 Å². The summed E-state index contributed by atoms with van der Waals surface area (Å²) in [4.78, 5) is 24.2. The summed E-state index contributed by atoms with van der Waals surface area (Å²) in [6.07, 6.45) is 7.52. The lowest BCUT2D eigenvalue weighted by molar-refractivity contribution is -0.140. The minimum atomic E-state index is -0.432. The Labute approximate surface area is 183 Å². The van der Waals surface area contributed by atoms with E-state index in [1.165, 1.54) is 6.08 Å². The number of rotatable bonds is 7. The van der Waals surface area contributed by atoms with E-state index >= 15 is 0 Å². The average molecular weight is 423 g/mol. The average Bonchev–Trinajstić information content (AvgIpc) is 2.73. The summed E-state index contributed by atoms with van der Waals surface area (Å²) in [6.45, 7) is 2.46. The van der Waals surface area contributed by atoms with Crippen molar-refractivity contribution < 1.29 is 19.1 Å². The third kappa shape index (κ3) is 7.17. The summed E-state index contributed by atoms with van der Waals surface area (Å²) < 4.78 is 10.7. The Morgan fingerprint density at radius 1 is 1.00 bits per heavy atom. The SMILES string of the molecule is CC1CCC(C(=O)Oc2ccc(C=CC(=O)OCCc3cc(N)cc(N)c3)cc2)CC1. The van der Waals surface area contributed by atoms with Crippen molar-refractivity contribution in [2.24, 2.45) is 11.8 Å². The number of anilines is 2. The van der Waals surface area contributed by atoms with Crippen LogP contribution in [0.5, 0.6) is 5.75 Å². The molecule has 2 aromatic rings. The van der Waals surface area contributed by atoms with Gasteiger partial charge in [0.1, 0.15) is 5.75 Å². The molecule has 0 saturated heterocycles. The molecule has 0 aromatic heterocycles. The normalized spacial score (nSPS) is 18.6. The van der Waals surface area contributed by atoms with E-state index < -0.39 is 5.97 Å². The molecule has 0 radical (unpaired) electrons. The maximum Gasteiger partial charge on any atom is 0.330 e. The van der Waals surface area contributed by atoms with E-state index in [4.69, 9.17) is 20.9 Å². The predicted molar refractivity (Wildman–Crippen MR) is 122 cm³/mol. The zero-order chi connectivity index (χ0) is 22.2. The van der Waals surface area contributed by atoms with E-state index in [1.807, 2.05) is 12.1 Å². The fourth-order valence-electron chi connectivity index (χ4n) is 3.71. The van der Waals surface area contributed by atoms with E-state index in [9.17, 15) is 9.59 Å². The molecule has 1 aliphatic carbocycles. The van der Waals surface area contributed by atoms with E-state index in [0.717, 1.165) is 36.8 Å². The van der Waals surface area contributed by atoms with E-state index in [1.54, 1.807) is 36.4 Å². The van der Waals surface area contributed by atoms with Crippen LogP contribution in [-0.2, 0) is 20.7 Å². The van der Waals surface area contributed by atoms with Crippen molar-refractivity contribution in [2.45, 2.75) is 39.0 Å². The van der Waals surface area contributed by atoms with Gasteiger partial charge in [0.15, 0.2) is 0 Å². The van der Waals surface area contributed by atoms with Gasteiger partial charge in [0.2, 0.25) is 0 Å². The molecule has 3 rings (SSSR count). The summed E-state index contributed by atoms with van der Waals surface area (Å²) >= 11 is 0. The van der Waals surface area contributed by atoms with Gasteiger partial charge in [0.25, 0.3) is 0 Å². The van der Waals surface area contributed by atoms with Crippen LogP contribution in [0.25, 0.3) is 6.08 Å². The van der Waals surface area contributed by atoms with Gasteiger partial charge in [-0.25, -0.2) is 4.79 Å². The molecule has 2 aromatic carbocycles. The van der Waals surface area contributed by atoms with Crippen LogP contribution in [0.3, 0.4) is 0 Å². The van der Waals surface area contributed by atoms with Crippen LogP contribution in [0, 0.1) is 11.8 Å². The molecule has 1 fully saturated rings. The highest BCUT2D eigenvalue weighted by molar-refractivity contribution is 5.87. The summed E-state index contributed by atoms with van der Waals surface area (Å²) in [5, 5.41) is 0. The molecule has 0 bridgehead atoms. The fraction of sp³-hybridized carbons (Fsp3) is 0.360.